The van der Waals surface area contributed by atoms with E-state index >= 15 is 0 Å². The highest BCUT2D eigenvalue weighted by molar-refractivity contribution is 6.37. The molecule has 3 aliphatic rings. The second kappa shape index (κ2) is 14.5. The molecule has 2 aromatic carbocycles. The van der Waals surface area contributed by atoms with Gasteiger partial charge in [-0.05, 0) is 66.1 Å². The number of nitrogens with zero attached hydrogens (tertiary/aromatic N) is 3. The van der Waals surface area contributed by atoms with Gasteiger partial charge in [-0.3, -0.25) is 19.3 Å². The fourth-order valence-corrected chi connectivity index (χ4v) is 7.62. The maximum absolute atomic E-state index is 13.6. The van der Waals surface area contributed by atoms with Crippen LogP contribution in [-0.4, -0.2) is 75.2 Å². The monoisotopic (exact) mass is 731 g/mol. The predicted molar refractivity (Wildman–Crippen MR) is 190 cm³/mol. The zero-order valence-electron chi connectivity index (χ0n) is 27.6. The molecule has 0 radical (unpaired) electrons. The first-order valence-electron chi connectivity index (χ1n) is 16.6. The van der Waals surface area contributed by atoms with Crippen molar-refractivity contribution in [1.82, 2.24) is 20.2 Å². The minimum Gasteiger partial charge on any atom is -0.481 e. The van der Waals surface area contributed by atoms with Gasteiger partial charge >= 0.3 is 11.9 Å². The Morgan fingerprint density at radius 3 is 2.51 bits per heavy atom. The van der Waals surface area contributed by atoms with Crippen LogP contribution in [0.25, 0.3) is 11.1 Å². The summed E-state index contributed by atoms with van der Waals surface area (Å²) in [7, 11) is 1.50. The van der Waals surface area contributed by atoms with Gasteiger partial charge in [-0.1, -0.05) is 59.6 Å². The Hall–Kier alpha value is -4.75. The number of carbonyl (C=O) groups is 3. The topological polar surface area (TPSA) is 163 Å². The zero-order chi connectivity index (χ0) is 35.8. The quantitative estimate of drug-likeness (QED) is 0.142. The Balaban J connectivity index is 1.09. The molecule has 1 amide bonds. The van der Waals surface area contributed by atoms with Crippen LogP contribution in [0, 0.1) is 5.92 Å². The van der Waals surface area contributed by atoms with Crippen molar-refractivity contribution in [2.24, 2.45) is 5.92 Å². The lowest BCUT2D eigenvalue weighted by Crippen LogP contribution is -2.58. The zero-order valence-corrected chi connectivity index (χ0v) is 29.1. The number of hydrogen-bond donors (Lipinski definition) is 4. The lowest BCUT2D eigenvalue weighted by atomic mass is 9.86. The molecular weight excluding hydrogens is 697 g/mol. The van der Waals surface area contributed by atoms with Crippen molar-refractivity contribution in [3.8, 4) is 22.9 Å². The molecule has 1 aliphatic carbocycles. The van der Waals surface area contributed by atoms with E-state index in [9.17, 15) is 24.6 Å². The van der Waals surface area contributed by atoms with E-state index in [1.165, 1.54) is 7.11 Å². The highest BCUT2D eigenvalue weighted by Crippen LogP contribution is 2.44. The van der Waals surface area contributed by atoms with Crippen molar-refractivity contribution >= 4 is 46.9 Å². The largest absolute Gasteiger partial charge is 0.481 e. The maximum atomic E-state index is 13.6. The number of hydrogen-bond acceptors (Lipinski definition) is 9. The number of carboxylic acid groups (broad SMARTS) is 2. The summed E-state index contributed by atoms with van der Waals surface area (Å²) in [6.45, 7) is 1.57. The Morgan fingerprint density at radius 1 is 1.00 bits per heavy atom. The number of aliphatic carboxylic acids is 2. The van der Waals surface area contributed by atoms with Crippen LogP contribution < -0.4 is 20.1 Å². The summed E-state index contributed by atoms with van der Waals surface area (Å²) in [6, 6.07) is 15.3. The molecule has 4 aromatic rings. The summed E-state index contributed by atoms with van der Waals surface area (Å²) < 4.78 is 11.9. The van der Waals surface area contributed by atoms with Gasteiger partial charge < -0.3 is 30.3 Å². The number of methoxy groups -OCH3 is 1. The lowest BCUT2D eigenvalue weighted by molar-refractivity contribution is -0.148. The van der Waals surface area contributed by atoms with Gasteiger partial charge in [0.05, 0.1) is 17.7 Å². The third-order valence-electron chi connectivity index (χ3n) is 9.91. The van der Waals surface area contributed by atoms with Crippen LogP contribution in [-0.2, 0) is 29.0 Å². The number of halogens is 2. The minimum atomic E-state index is -0.902. The van der Waals surface area contributed by atoms with Crippen LogP contribution in [0.5, 0.6) is 11.8 Å². The first-order valence-corrected chi connectivity index (χ1v) is 17.4. The number of aromatic nitrogens is 2. The molecule has 14 heteroatoms. The molecule has 2 saturated heterocycles. The summed E-state index contributed by atoms with van der Waals surface area (Å²) >= 11 is 13.6. The number of amides is 1. The molecule has 51 heavy (non-hydrogen) atoms. The van der Waals surface area contributed by atoms with Crippen LogP contribution in [0.2, 0.25) is 10.0 Å². The number of carboxylic acids is 2. The molecule has 2 fully saturated rings. The van der Waals surface area contributed by atoms with Crippen LogP contribution in [0.15, 0.2) is 60.8 Å². The molecule has 264 valence electrons. The fraction of sp³-hybridized carbons (Fsp3) is 0.324. The Labute approximate surface area is 303 Å². The number of benzene rings is 2. The van der Waals surface area contributed by atoms with Crippen LogP contribution >= 0.6 is 23.2 Å². The third-order valence-corrected chi connectivity index (χ3v) is 10.6. The second-order valence-electron chi connectivity index (χ2n) is 12.9. The van der Waals surface area contributed by atoms with Gasteiger partial charge in [0.1, 0.15) is 29.0 Å². The molecule has 4 atom stereocenters. The van der Waals surface area contributed by atoms with Crippen molar-refractivity contribution in [3.63, 3.8) is 0 Å². The first kappa shape index (κ1) is 34.7. The molecular formula is C37H35Cl2N5O7. The van der Waals surface area contributed by atoms with E-state index in [-0.39, 0.29) is 28.5 Å². The summed E-state index contributed by atoms with van der Waals surface area (Å²) in [4.78, 5) is 47.4. The van der Waals surface area contributed by atoms with E-state index in [1.54, 1.807) is 30.5 Å². The van der Waals surface area contributed by atoms with Crippen molar-refractivity contribution in [1.29, 1.82) is 0 Å². The molecule has 2 aromatic heterocycles. The molecule has 0 bridgehead atoms. The van der Waals surface area contributed by atoms with Crippen LogP contribution in [0.3, 0.4) is 0 Å². The Morgan fingerprint density at radius 2 is 1.80 bits per heavy atom. The predicted octanol–water partition coefficient (Wildman–Crippen LogP) is 5.65. The number of pyridine rings is 2. The van der Waals surface area contributed by atoms with Gasteiger partial charge in [-0.15, -0.1) is 0 Å². The molecule has 2 aliphatic heterocycles. The van der Waals surface area contributed by atoms with Crippen molar-refractivity contribution in [2.45, 2.75) is 50.4 Å². The fourth-order valence-electron chi connectivity index (χ4n) is 7.09. The van der Waals surface area contributed by atoms with E-state index in [0.29, 0.717) is 73.2 Å². The SMILES string of the molecule is COc1nc(O[C@H]2CCc3c(-c4cccc(C(=O)Nc5ncccc5CC5CNC5C(=O)O)c4Cl)cccc32)c(Cl)cc1CN1CC[C@H]1C(=O)O. The summed E-state index contributed by atoms with van der Waals surface area (Å²) in [5.41, 5.74) is 5.26. The molecule has 2 unspecified atom stereocenters. The van der Waals surface area contributed by atoms with Crippen LogP contribution in [0.4, 0.5) is 5.82 Å². The molecule has 4 N–H and O–H groups in total. The number of rotatable bonds is 12. The van der Waals surface area contributed by atoms with Gasteiger partial charge in [-0.2, -0.15) is 4.98 Å². The first-order chi connectivity index (χ1) is 24.6. The van der Waals surface area contributed by atoms with Gasteiger partial charge in [0.25, 0.3) is 5.91 Å². The standard InChI is InChI=1S/C37H35Cl2N5O7/c1-50-34-21(18-44-14-12-28(44)36(46)47)16-27(38)35(43-34)51-29-11-10-23-22(6-2-7-24(23)29)25-8-3-9-26(30(25)39)33(45)42-32-19(5-4-13-40-32)15-20-17-41-31(20)37(48)49/h2-9,13,16,20,28-29,31,41H,10-12,14-15,17-18H2,1H3,(H,46,47)(H,48,49)(H,40,42,45)/t20?,28-,29-,31?/m0/s1. The number of likely N-dealkylation sites (tertiary alicyclic amines) is 1. The van der Waals surface area contributed by atoms with E-state index in [1.807, 2.05) is 35.2 Å². The van der Waals surface area contributed by atoms with Gasteiger partial charge in [-0.25, -0.2) is 4.98 Å². The lowest BCUT2D eigenvalue weighted by Gasteiger charge is -2.38. The average Bonchev–Trinajstić information content (AvgIpc) is 3.49. The highest BCUT2D eigenvalue weighted by atomic mass is 35.5. The normalized spacial score (nSPS) is 20.8. The Bertz CT molecular complexity index is 2030. The van der Waals surface area contributed by atoms with Gasteiger partial charge in [0, 0.05) is 42.9 Å². The van der Waals surface area contributed by atoms with Crippen molar-refractivity contribution in [2.75, 3.05) is 25.5 Å². The number of anilines is 1. The molecule has 0 saturated carbocycles. The number of nitrogens with one attached hydrogen (secondary N) is 2. The third kappa shape index (κ3) is 6.84. The number of fused-ring (bicyclic) bond motifs is 1. The molecule has 4 heterocycles. The summed E-state index contributed by atoms with van der Waals surface area (Å²) in [5.74, 6) is -1.40. The Kier molecular flexibility index (Phi) is 9.84. The van der Waals surface area contributed by atoms with E-state index in [4.69, 9.17) is 32.7 Å². The van der Waals surface area contributed by atoms with E-state index in [0.717, 1.165) is 22.3 Å². The van der Waals surface area contributed by atoms with E-state index < -0.39 is 29.9 Å². The van der Waals surface area contributed by atoms with E-state index in [2.05, 4.69) is 20.6 Å². The van der Waals surface area contributed by atoms with Crippen LogP contribution in [0.1, 0.15) is 51.6 Å². The summed E-state index contributed by atoms with van der Waals surface area (Å²) in [5, 5.41) is 25.3. The smallest absolute Gasteiger partial charge is 0.321 e. The molecule has 0 spiro atoms. The minimum absolute atomic E-state index is 0.112. The van der Waals surface area contributed by atoms with Gasteiger partial charge in [0.2, 0.25) is 11.8 Å². The van der Waals surface area contributed by atoms with Gasteiger partial charge in [0.15, 0.2) is 0 Å². The second-order valence-corrected chi connectivity index (χ2v) is 13.7. The van der Waals surface area contributed by atoms with Crippen molar-refractivity contribution in [3.05, 3.63) is 98.7 Å². The maximum Gasteiger partial charge on any atom is 0.321 e. The van der Waals surface area contributed by atoms with Crippen molar-refractivity contribution < 1.29 is 34.1 Å². The number of carbonyl (C=O) groups excluding carboxylic acids is 1. The number of ether oxygens (including phenoxy) is 2. The molecule has 7 rings (SSSR count). The summed E-state index contributed by atoms with van der Waals surface area (Å²) in [6.07, 6.45) is 3.60. The highest BCUT2D eigenvalue weighted by Gasteiger charge is 2.37. The average molecular weight is 733 g/mol. The molecule has 12 nitrogen and oxygen atoms in total.